The topological polar surface area (TPSA) is 88.2 Å². The van der Waals surface area contributed by atoms with Crippen LogP contribution in [0.3, 0.4) is 0 Å². The third-order valence-corrected chi connectivity index (χ3v) is 4.72. The molecule has 1 aliphatic rings. The molecule has 0 saturated carbocycles. The smallest absolute Gasteiger partial charge is 0.262 e. The molecule has 0 radical (unpaired) electrons. The molecule has 0 bridgehead atoms. The van der Waals surface area contributed by atoms with E-state index in [4.69, 9.17) is 11.6 Å². The number of sulfonamides is 1. The van der Waals surface area contributed by atoms with Crippen LogP contribution < -0.4 is 10.0 Å². The van der Waals surface area contributed by atoms with Crippen LogP contribution >= 0.6 is 11.6 Å². The van der Waals surface area contributed by atoms with E-state index < -0.39 is 10.0 Å². The number of anilines is 2. The molecule has 21 heavy (non-hydrogen) atoms. The average molecular weight is 324 g/mol. The molecule has 1 aromatic heterocycles. The van der Waals surface area contributed by atoms with E-state index in [9.17, 15) is 13.2 Å². The Hall–Kier alpha value is -2.12. The third kappa shape index (κ3) is 2.70. The van der Waals surface area contributed by atoms with Crippen LogP contribution in [-0.2, 0) is 21.2 Å². The number of hydrogen-bond donors (Lipinski definition) is 2. The molecule has 0 aliphatic carbocycles. The summed E-state index contributed by atoms with van der Waals surface area (Å²) in [5.74, 6) is -0.150. The number of pyridine rings is 1. The predicted octanol–water partition coefficient (Wildman–Crippen LogP) is 2.03. The molecule has 8 heteroatoms. The molecule has 0 saturated heterocycles. The van der Waals surface area contributed by atoms with Crippen molar-refractivity contribution in [2.24, 2.45) is 0 Å². The first-order chi connectivity index (χ1) is 9.95. The highest BCUT2D eigenvalue weighted by Gasteiger charge is 2.22. The van der Waals surface area contributed by atoms with Crippen molar-refractivity contribution in [3.63, 3.8) is 0 Å². The molecular formula is C13H10ClN3O3S. The van der Waals surface area contributed by atoms with Gasteiger partial charge < -0.3 is 5.32 Å². The van der Waals surface area contributed by atoms with Crippen molar-refractivity contribution < 1.29 is 13.2 Å². The third-order valence-electron chi connectivity index (χ3n) is 3.02. The van der Waals surface area contributed by atoms with Crippen molar-refractivity contribution in [2.45, 2.75) is 11.3 Å². The number of nitrogens with zero attached hydrogens (tertiary/aromatic N) is 1. The first-order valence-corrected chi connectivity index (χ1v) is 7.87. The van der Waals surface area contributed by atoms with Crippen LogP contribution in [0.5, 0.6) is 0 Å². The van der Waals surface area contributed by atoms with Crippen LogP contribution in [-0.4, -0.2) is 19.3 Å². The highest BCUT2D eigenvalue weighted by Crippen LogP contribution is 2.28. The van der Waals surface area contributed by atoms with Gasteiger partial charge in [0.25, 0.3) is 10.0 Å². The lowest BCUT2D eigenvalue weighted by Crippen LogP contribution is -2.13. The molecule has 2 heterocycles. The van der Waals surface area contributed by atoms with E-state index in [0.717, 1.165) is 0 Å². The SMILES string of the molecule is O=C1Cc2cc(S(=O)(=O)Nc3cnccc3Cl)ccc2N1. The van der Waals surface area contributed by atoms with Gasteiger partial charge in [0.05, 0.1) is 28.2 Å². The highest BCUT2D eigenvalue weighted by molar-refractivity contribution is 7.92. The molecule has 1 aromatic carbocycles. The summed E-state index contributed by atoms with van der Waals surface area (Å²) in [4.78, 5) is 15.2. The van der Waals surface area contributed by atoms with Gasteiger partial charge in [0.1, 0.15) is 0 Å². The van der Waals surface area contributed by atoms with Gasteiger partial charge in [-0.3, -0.25) is 14.5 Å². The summed E-state index contributed by atoms with van der Waals surface area (Å²) in [6.45, 7) is 0. The number of aromatic nitrogens is 1. The number of benzene rings is 1. The van der Waals surface area contributed by atoms with Crippen molar-refractivity contribution >= 4 is 38.9 Å². The molecule has 2 N–H and O–H groups in total. The monoisotopic (exact) mass is 323 g/mol. The maximum atomic E-state index is 12.3. The summed E-state index contributed by atoms with van der Waals surface area (Å²) in [5.41, 5.74) is 1.49. The van der Waals surface area contributed by atoms with Gasteiger partial charge in [-0.25, -0.2) is 8.42 Å². The Morgan fingerprint density at radius 3 is 2.86 bits per heavy atom. The minimum absolute atomic E-state index is 0.0673. The fourth-order valence-electron chi connectivity index (χ4n) is 2.03. The normalized spacial score (nSPS) is 13.7. The Kier molecular flexibility index (Phi) is 3.30. The van der Waals surface area contributed by atoms with Gasteiger partial charge in [0.15, 0.2) is 0 Å². The minimum atomic E-state index is -3.79. The molecule has 1 aliphatic heterocycles. The maximum Gasteiger partial charge on any atom is 0.262 e. The zero-order valence-corrected chi connectivity index (χ0v) is 12.2. The Balaban J connectivity index is 1.95. The van der Waals surface area contributed by atoms with Crippen LogP contribution in [0.25, 0.3) is 0 Å². The minimum Gasteiger partial charge on any atom is -0.326 e. The van der Waals surface area contributed by atoms with Crippen LogP contribution in [0.4, 0.5) is 11.4 Å². The molecule has 108 valence electrons. The van der Waals surface area contributed by atoms with Crippen molar-refractivity contribution in [3.8, 4) is 0 Å². The number of hydrogen-bond acceptors (Lipinski definition) is 4. The predicted molar refractivity (Wildman–Crippen MR) is 78.8 cm³/mol. The Morgan fingerprint density at radius 2 is 2.10 bits per heavy atom. The summed E-state index contributed by atoms with van der Waals surface area (Å²) < 4.78 is 27.0. The number of carbonyl (C=O) groups is 1. The molecule has 3 rings (SSSR count). The van der Waals surface area contributed by atoms with E-state index in [-0.39, 0.29) is 27.9 Å². The van der Waals surface area contributed by atoms with E-state index in [1.54, 1.807) is 6.07 Å². The van der Waals surface area contributed by atoms with E-state index >= 15 is 0 Å². The molecular weight excluding hydrogens is 314 g/mol. The summed E-state index contributed by atoms with van der Waals surface area (Å²) in [6, 6.07) is 5.96. The van der Waals surface area contributed by atoms with Crippen LogP contribution in [0.2, 0.25) is 5.02 Å². The highest BCUT2D eigenvalue weighted by atomic mass is 35.5. The van der Waals surface area contributed by atoms with Gasteiger partial charge in [-0.1, -0.05) is 11.6 Å². The lowest BCUT2D eigenvalue weighted by molar-refractivity contribution is -0.115. The Morgan fingerprint density at radius 1 is 1.29 bits per heavy atom. The number of rotatable bonds is 3. The van der Waals surface area contributed by atoms with Gasteiger partial charge in [-0.2, -0.15) is 0 Å². The average Bonchev–Trinajstić information content (AvgIpc) is 2.80. The second-order valence-corrected chi connectivity index (χ2v) is 6.59. The number of carbonyl (C=O) groups excluding carboxylic acids is 1. The lowest BCUT2D eigenvalue weighted by atomic mass is 10.2. The van der Waals surface area contributed by atoms with Crippen LogP contribution in [0.1, 0.15) is 5.56 Å². The van der Waals surface area contributed by atoms with E-state index in [0.29, 0.717) is 11.3 Å². The quantitative estimate of drug-likeness (QED) is 0.904. The van der Waals surface area contributed by atoms with Gasteiger partial charge in [-0.15, -0.1) is 0 Å². The zero-order valence-electron chi connectivity index (χ0n) is 10.6. The number of fused-ring (bicyclic) bond motifs is 1. The zero-order chi connectivity index (χ0) is 15.0. The van der Waals surface area contributed by atoms with Crippen molar-refractivity contribution in [2.75, 3.05) is 10.0 Å². The Labute approximate surface area is 126 Å². The lowest BCUT2D eigenvalue weighted by Gasteiger charge is -2.10. The standard InChI is InChI=1S/C13H10ClN3O3S/c14-10-3-4-15-7-12(10)17-21(19,20)9-1-2-11-8(5-9)6-13(18)16-11/h1-5,7,17H,6H2,(H,16,18). The number of nitrogens with one attached hydrogen (secondary N) is 2. The molecule has 0 spiro atoms. The van der Waals surface area contributed by atoms with Gasteiger partial charge in [0.2, 0.25) is 5.91 Å². The molecule has 1 amide bonds. The van der Waals surface area contributed by atoms with E-state index in [1.165, 1.54) is 30.6 Å². The maximum absolute atomic E-state index is 12.3. The summed E-state index contributed by atoms with van der Waals surface area (Å²) in [5, 5.41) is 2.91. The van der Waals surface area contributed by atoms with Crippen LogP contribution in [0.15, 0.2) is 41.6 Å². The van der Waals surface area contributed by atoms with E-state index in [1.807, 2.05) is 0 Å². The molecule has 0 unspecified atom stereocenters. The van der Waals surface area contributed by atoms with Crippen LogP contribution in [0, 0.1) is 0 Å². The summed E-state index contributed by atoms with van der Waals surface area (Å²) in [7, 11) is -3.79. The summed E-state index contributed by atoms with van der Waals surface area (Å²) in [6.07, 6.45) is 2.97. The van der Waals surface area contributed by atoms with Gasteiger partial charge in [-0.05, 0) is 29.8 Å². The fourth-order valence-corrected chi connectivity index (χ4v) is 3.35. The number of amides is 1. The van der Waals surface area contributed by atoms with Crippen molar-refractivity contribution in [1.29, 1.82) is 0 Å². The summed E-state index contributed by atoms with van der Waals surface area (Å²) >= 11 is 5.91. The van der Waals surface area contributed by atoms with Crippen molar-refractivity contribution in [3.05, 3.63) is 47.2 Å². The second kappa shape index (κ2) is 5.01. The fraction of sp³-hybridized carbons (Fsp3) is 0.0769. The second-order valence-electron chi connectivity index (χ2n) is 4.50. The van der Waals surface area contributed by atoms with E-state index in [2.05, 4.69) is 15.0 Å². The largest absolute Gasteiger partial charge is 0.326 e. The first kappa shape index (κ1) is 13.8. The van der Waals surface area contributed by atoms with Gasteiger partial charge in [0, 0.05) is 11.9 Å². The number of halogens is 1. The van der Waals surface area contributed by atoms with Gasteiger partial charge >= 0.3 is 0 Å². The molecule has 0 atom stereocenters. The van der Waals surface area contributed by atoms with Crippen molar-refractivity contribution in [1.82, 2.24) is 4.98 Å². The molecule has 0 fully saturated rings. The first-order valence-electron chi connectivity index (χ1n) is 6.01. The molecule has 6 nitrogen and oxygen atoms in total. The molecule has 2 aromatic rings. The Bertz CT molecular complexity index is 836.